The highest BCUT2D eigenvalue weighted by Crippen LogP contribution is 2.06. The maximum absolute atomic E-state index is 8.62. The van der Waals surface area contributed by atoms with Crippen LogP contribution in [-0.4, -0.2) is 28.2 Å². The fourth-order valence-electron chi connectivity index (χ4n) is 1.43. The molecule has 0 amide bonds. The van der Waals surface area contributed by atoms with Crippen molar-refractivity contribution in [1.29, 1.82) is 0 Å². The Morgan fingerprint density at radius 3 is 2.56 bits per heavy atom. The maximum atomic E-state index is 8.62. The molecule has 0 spiro atoms. The van der Waals surface area contributed by atoms with Gasteiger partial charge in [0, 0.05) is 13.2 Å². The minimum atomic E-state index is 0.302. The van der Waals surface area contributed by atoms with Gasteiger partial charge in [0.1, 0.15) is 5.82 Å². The fraction of sp³-hybridized carbons (Fsp3) is 0.667. The van der Waals surface area contributed by atoms with Gasteiger partial charge in [-0.3, -0.25) is 4.98 Å². The molecule has 0 unspecified atom stereocenters. The van der Waals surface area contributed by atoms with Crippen LogP contribution in [0.25, 0.3) is 0 Å². The number of aliphatic hydroxyl groups excluding tert-OH is 1. The summed E-state index contributed by atoms with van der Waals surface area (Å²) in [5.41, 5.74) is 1.96. The molecular formula is C12H21N3O. The Bertz CT molecular complexity index is 315. The Kier molecular flexibility index (Phi) is 5.78. The first-order valence-corrected chi connectivity index (χ1v) is 5.89. The summed E-state index contributed by atoms with van der Waals surface area (Å²) in [5.74, 6) is 0.852. The summed E-state index contributed by atoms with van der Waals surface area (Å²) < 4.78 is 0. The van der Waals surface area contributed by atoms with Crippen LogP contribution in [0.5, 0.6) is 0 Å². The lowest BCUT2D eigenvalue weighted by atomic mass is 10.2. The molecule has 16 heavy (non-hydrogen) atoms. The summed E-state index contributed by atoms with van der Waals surface area (Å²) in [4.78, 5) is 8.64. The molecule has 1 aromatic rings. The molecule has 4 heteroatoms. The number of aliphatic hydroxyl groups is 1. The molecule has 1 heterocycles. The maximum Gasteiger partial charge on any atom is 0.144 e. The number of anilines is 1. The molecule has 0 saturated heterocycles. The minimum Gasteiger partial charge on any atom is -0.396 e. The van der Waals surface area contributed by atoms with E-state index in [-0.39, 0.29) is 0 Å². The lowest BCUT2D eigenvalue weighted by Gasteiger charge is -2.06. The monoisotopic (exact) mass is 223 g/mol. The van der Waals surface area contributed by atoms with Crippen molar-refractivity contribution in [3.8, 4) is 0 Å². The minimum absolute atomic E-state index is 0.302. The molecule has 4 nitrogen and oxygen atoms in total. The second kappa shape index (κ2) is 7.17. The Balaban J connectivity index is 2.19. The summed E-state index contributed by atoms with van der Waals surface area (Å²) in [7, 11) is 0. The van der Waals surface area contributed by atoms with E-state index in [0.29, 0.717) is 6.61 Å². The van der Waals surface area contributed by atoms with Gasteiger partial charge < -0.3 is 10.4 Å². The van der Waals surface area contributed by atoms with Gasteiger partial charge in [-0.15, -0.1) is 0 Å². The van der Waals surface area contributed by atoms with Gasteiger partial charge in [0.25, 0.3) is 0 Å². The number of hydrogen-bond donors (Lipinski definition) is 2. The molecule has 0 aromatic carbocycles. The van der Waals surface area contributed by atoms with E-state index in [0.717, 1.165) is 49.4 Å². The van der Waals surface area contributed by atoms with Crippen molar-refractivity contribution in [2.45, 2.75) is 39.5 Å². The fourth-order valence-corrected chi connectivity index (χ4v) is 1.43. The first kappa shape index (κ1) is 12.9. The predicted octanol–water partition coefficient (Wildman–Crippen LogP) is 2.06. The summed E-state index contributed by atoms with van der Waals surface area (Å²) >= 11 is 0. The van der Waals surface area contributed by atoms with Crippen LogP contribution in [0, 0.1) is 13.8 Å². The first-order valence-electron chi connectivity index (χ1n) is 5.89. The molecule has 1 rings (SSSR count). The van der Waals surface area contributed by atoms with Crippen molar-refractivity contribution in [3.63, 3.8) is 0 Å². The van der Waals surface area contributed by atoms with E-state index in [9.17, 15) is 0 Å². The van der Waals surface area contributed by atoms with E-state index in [4.69, 9.17) is 5.11 Å². The molecule has 0 fully saturated rings. The molecular weight excluding hydrogens is 202 g/mol. The molecule has 0 aliphatic carbocycles. The van der Waals surface area contributed by atoms with E-state index in [1.54, 1.807) is 6.20 Å². The molecule has 2 N–H and O–H groups in total. The third kappa shape index (κ3) is 4.57. The lowest BCUT2D eigenvalue weighted by molar-refractivity contribution is 0.283. The zero-order valence-electron chi connectivity index (χ0n) is 10.2. The smallest absolute Gasteiger partial charge is 0.144 e. The average Bonchev–Trinajstić information content (AvgIpc) is 2.28. The van der Waals surface area contributed by atoms with Crippen molar-refractivity contribution >= 4 is 5.82 Å². The summed E-state index contributed by atoms with van der Waals surface area (Å²) in [6.45, 7) is 5.15. The van der Waals surface area contributed by atoms with Crippen LogP contribution in [-0.2, 0) is 0 Å². The number of nitrogens with zero attached hydrogens (tertiary/aromatic N) is 2. The van der Waals surface area contributed by atoms with Gasteiger partial charge in [-0.2, -0.15) is 0 Å². The van der Waals surface area contributed by atoms with Crippen LogP contribution < -0.4 is 5.32 Å². The molecule has 0 aliphatic rings. The third-order valence-electron chi connectivity index (χ3n) is 2.58. The Morgan fingerprint density at radius 1 is 1.12 bits per heavy atom. The second-order valence-corrected chi connectivity index (χ2v) is 3.99. The van der Waals surface area contributed by atoms with Gasteiger partial charge in [0.2, 0.25) is 0 Å². The highest BCUT2D eigenvalue weighted by atomic mass is 16.2. The van der Waals surface area contributed by atoms with Gasteiger partial charge in [-0.05, 0) is 26.7 Å². The number of hydrogen-bond acceptors (Lipinski definition) is 4. The topological polar surface area (TPSA) is 58.0 Å². The molecule has 0 aliphatic heterocycles. The van der Waals surface area contributed by atoms with Gasteiger partial charge in [-0.1, -0.05) is 12.8 Å². The molecule has 90 valence electrons. The summed E-state index contributed by atoms with van der Waals surface area (Å²) in [5, 5.41) is 11.9. The predicted molar refractivity (Wildman–Crippen MR) is 65.5 cm³/mol. The largest absolute Gasteiger partial charge is 0.396 e. The van der Waals surface area contributed by atoms with Crippen LogP contribution >= 0.6 is 0 Å². The third-order valence-corrected chi connectivity index (χ3v) is 2.58. The van der Waals surface area contributed by atoms with Crippen LogP contribution in [0.1, 0.15) is 37.1 Å². The highest BCUT2D eigenvalue weighted by Gasteiger charge is 1.98. The molecule has 1 aromatic heterocycles. The molecule has 0 atom stereocenters. The van der Waals surface area contributed by atoms with Gasteiger partial charge in [0.15, 0.2) is 0 Å². The van der Waals surface area contributed by atoms with E-state index < -0.39 is 0 Å². The molecule has 0 saturated carbocycles. The Morgan fingerprint density at radius 2 is 1.88 bits per heavy atom. The van der Waals surface area contributed by atoms with E-state index in [1.807, 2.05) is 13.8 Å². The Hall–Kier alpha value is -1.16. The average molecular weight is 223 g/mol. The van der Waals surface area contributed by atoms with Crippen LogP contribution in [0.3, 0.4) is 0 Å². The van der Waals surface area contributed by atoms with Crippen LogP contribution in [0.4, 0.5) is 5.82 Å². The van der Waals surface area contributed by atoms with E-state index in [2.05, 4.69) is 15.3 Å². The second-order valence-electron chi connectivity index (χ2n) is 3.99. The van der Waals surface area contributed by atoms with Crippen molar-refractivity contribution in [3.05, 3.63) is 17.6 Å². The number of aromatic nitrogens is 2. The van der Waals surface area contributed by atoms with Gasteiger partial charge in [-0.25, -0.2) is 4.98 Å². The van der Waals surface area contributed by atoms with Crippen molar-refractivity contribution in [2.24, 2.45) is 0 Å². The van der Waals surface area contributed by atoms with E-state index in [1.165, 1.54) is 0 Å². The van der Waals surface area contributed by atoms with Crippen molar-refractivity contribution in [1.82, 2.24) is 9.97 Å². The van der Waals surface area contributed by atoms with Gasteiger partial charge >= 0.3 is 0 Å². The molecule has 0 bridgehead atoms. The van der Waals surface area contributed by atoms with Crippen molar-refractivity contribution in [2.75, 3.05) is 18.5 Å². The summed E-state index contributed by atoms with van der Waals surface area (Å²) in [6.07, 6.45) is 6.02. The van der Waals surface area contributed by atoms with Crippen molar-refractivity contribution < 1.29 is 5.11 Å². The SMILES string of the molecule is Cc1ncc(NCCCCCCO)nc1C. The lowest BCUT2D eigenvalue weighted by Crippen LogP contribution is -2.05. The number of unbranched alkanes of at least 4 members (excludes halogenated alkanes) is 3. The quantitative estimate of drug-likeness (QED) is 0.695. The van der Waals surface area contributed by atoms with E-state index >= 15 is 0 Å². The Labute approximate surface area is 97.1 Å². The first-order chi connectivity index (χ1) is 7.74. The van der Waals surface area contributed by atoms with Crippen LogP contribution in [0.2, 0.25) is 0 Å². The summed E-state index contributed by atoms with van der Waals surface area (Å²) in [6, 6.07) is 0. The zero-order chi connectivity index (χ0) is 11.8. The number of rotatable bonds is 7. The highest BCUT2D eigenvalue weighted by molar-refractivity contribution is 5.32. The zero-order valence-corrected chi connectivity index (χ0v) is 10.2. The number of aryl methyl sites for hydroxylation is 2. The standard InChI is InChI=1S/C12H21N3O/c1-10-11(2)15-12(9-14-10)13-7-5-3-4-6-8-16/h9,16H,3-8H2,1-2H3,(H,13,15). The van der Waals surface area contributed by atoms with Crippen LogP contribution in [0.15, 0.2) is 6.20 Å². The normalized spacial score (nSPS) is 10.4. The number of nitrogens with one attached hydrogen (secondary N) is 1. The van der Waals surface area contributed by atoms with Gasteiger partial charge in [0.05, 0.1) is 17.6 Å². The molecule has 0 radical (unpaired) electrons.